The van der Waals surface area contributed by atoms with E-state index in [-0.39, 0.29) is 5.91 Å². The van der Waals surface area contributed by atoms with Crippen molar-refractivity contribution in [2.45, 2.75) is 26.8 Å². The second kappa shape index (κ2) is 3.92. The topological polar surface area (TPSA) is 23.6 Å². The molecule has 0 spiro atoms. The van der Waals surface area contributed by atoms with Gasteiger partial charge in [-0.25, -0.2) is 0 Å². The lowest BCUT2D eigenvalue weighted by molar-refractivity contribution is -0.133. The van der Waals surface area contributed by atoms with Crippen LogP contribution in [0.5, 0.6) is 0 Å². The number of amides is 1. The van der Waals surface area contributed by atoms with Crippen LogP contribution >= 0.6 is 0 Å². The van der Waals surface area contributed by atoms with Crippen molar-refractivity contribution >= 4 is 5.91 Å². The average Bonchev–Trinajstić information content (AvgIpc) is 2.03. The van der Waals surface area contributed by atoms with Gasteiger partial charge in [0.05, 0.1) is 6.54 Å². The summed E-state index contributed by atoms with van der Waals surface area (Å²) >= 11 is 0. The van der Waals surface area contributed by atoms with Gasteiger partial charge in [0.15, 0.2) is 0 Å². The Morgan fingerprint density at radius 2 is 2.08 bits per heavy atom. The van der Waals surface area contributed by atoms with Crippen LogP contribution in [0.1, 0.15) is 20.8 Å². The molecule has 0 aromatic heterocycles. The summed E-state index contributed by atoms with van der Waals surface area (Å²) < 4.78 is 0. The summed E-state index contributed by atoms with van der Waals surface area (Å²) in [6.45, 7) is 12.2. The molecule has 1 aliphatic rings. The number of hydrogen-bond donors (Lipinski definition) is 0. The summed E-state index contributed by atoms with van der Waals surface area (Å²) in [6, 6.07) is 0.416. The molecule has 1 aliphatic heterocycles. The number of hydrogen-bond acceptors (Lipinski definition) is 2. The summed E-state index contributed by atoms with van der Waals surface area (Å²) in [5, 5.41) is 0. The van der Waals surface area contributed by atoms with E-state index in [1.165, 1.54) is 0 Å². The van der Waals surface area contributed by atoms with Crippen LogP contribution in [0.15, 0.2) is 12.3 Å². The van der Waals surface area contributed by atoms with Crippen LogP contribution in [-0.4, -0.2) is 41.4 Å². The highest BCUT2D eigenvalue weighted by molar-refractivity contribution is 5.81. The molecule has 0 N–H and O–H groups in total. The summed E-state index contributed by atoms with van der Waals surface area (Å²) in [4.78, 5) is 15.5. The van der Waals surface area contributed by atoms with Crippen molar-refractivity contribution in [2.75, 3.05) is 19.6 Å². The zero-order valence-electron chi connectivity index (χ0n) is 8.71. The van der Waals surface area contributed by atoms with Crippen LogP contribution < -0.4 is 0 Å². The van der Waals surface area contributed by atoms with E-state index in [1.807, 2.05) is 6.92 Å². The molecule has 0 aromatic rings. The minimum Gasteiger partial charge on any atom is -0.315 e. The van der Waals surface area contributed by atoms with E-state index in [0.29, 0.717) is 12.6 Å². The number of rotatable bonds is 2. The van der Waals surface area contributed by atoms with Crippen LogP contribution in [0.3, 0.4) is 0 Å². The van der Waals surface area contributed by atoms with Crippen LogP contribution in [0, 0.1) is 0 Å². The van der Waals surface area contributed by atoms with Crippen molar-refractivity contribution in [1.82, 2.24) is 9.80 Å². The van der Waals surface area contributed by atoms with Gasteiger partial charge in [-0.2, -0.15) is 0 Å². The van der Waals surface area contributed by atoms with Crippen molar-refractivity contribution in [3.8, 4) is 0 Å². The predicted octanol–water partition coefficient (Wildman–Crippen LogP) is 1.07. The number of likely N-dealkylation sites (N-methyl/N-ethyl adjacent to an activating group) is 1. The Kier molecular flexibility index (Phi) is 3.09. The molecule has 1 fully saturated rings. The molecule has 13 heavy (non-hydrogen) atoms. The van der Waals surface area contributed by atoms with Gasteiger partial charge in [0.1, 0.15) is 0 Å². The molecule has 1 heterocycles. The van der Waals surface area contributed by atoms with E-state index in [1.54, 1.807) is 4.90 Å². The van der Waals surface area contributed by atoms with Crippen LogP contribution in [0.25, 0.3) is 0 Å². The minimum atomic E-state index is 0.174. The van der Waals surface area contributed by atoms with Crippen molar-refractivity contribution in [1.29, 1.82) is 0 Å². The van der Waals surface area contributed by atoms with Crippen LogP contribution in [-0.2, 0) is 4.79 Å². The molecule has 3 heteroatoms. The highest BCUT2D eigenvalue weighted by Crippen LogP contribution is 2.14. The van der Waals surface area contributed by atoms with Gasteiger partial charge >= 0.3 is 0 Å². The Balaban J connectivity index is 2.67. The Hall–Kier alpha value is -0.830. The SMILES string of the molecule is C=C1CN(C(C)C)CC(=O)N1CC. The maximum absolute atomic E-state index is 11.6. The third-order valence-corrected chi connectivity index (χ3v) is 2.45. The monoisotopic (exact) mass is 182 g/mol. The van der Waals surface area contributed by atoms with E-state index in [0.717, 1.165) is 18.8 Å². The lowest BCUT2D eigenvalue weighted by Crippen LogP contribution is -2.50. The maximum Gasteiger partial charge on any atom is 0.240 e. The predicted molar refractivity (Wildman–Crippen MR) is 53.2 cm³/mol. The van der Waals surface area contributed by atoms with E-state index in [2.05, 4.69) is 25.3 Å². The minimum absolute atomic E-state index is 0.174. The first-order valence-electron chi connectivity index (χ1n) is 4.78. The molecule has 0 aliphatic carbocycles. The molecule has 0 unspecified atom stereocenters. The molecule has 0 atom stereocenters. The molecule has 3 nitrogen and oxygen atoms in total. The Morgan fingerprint density at radius 3 is 2.46 bits per heavy atom. The highest BCUT2D eigenvalue weighted by Gasteiger charge is 2.26. The van der Waals surface area contributed by atoms with Crippen molar-refractivity contribution in [3.63, 3.8) is 0 Å². The third-order valence-electron chi connectivity index (χ3n) is 2.45. The molecule has 0 bridgehead atoms. The largest absolute Gasteiger partial charge is 0.315 e. The molecule has 74 valence electrons. The first kappa shape index (κ1) is 10.3. The standard InChI is InChI=1S/C10H18N2O/c1-5-12-9(4)6-11(8(2)3)7-10(12)13/h8H,4-7H2,1-3H3. The van der Waals surface area contributed by atoms with E-state index < -0.39 is 0 Å². The van der Waals surface area contributed by atoms with Gasteiger partial charge in [-0.1, -0.05) is 6.58 Å². The van der Waals surface area contributed by atoms with E-state index >= 15 is 0 Å². The number of piperazine rings is 1. The Morgan fingerprint density at radius 1 is 1.46 bits per heavy atom. The van der Waals surface area contributed by atoms with Crippen molar-refractivity contribution in [3.05, 3.63) is 12.3 Å². The normalized spacial score (nSPS) is 20.2. The second-order valence-corrected chi connectivity index (χ2v) is 3.70. The zero-order valence-corrected chi connectivity index (χ0v) is 8.71. The Bertz CT molecular complexity index is 205. The molecule has 0 saturated carbocycles. The fourth-order valence-electron chi connectivity index (χ4n) is 1.58. The smallest absolute Gasteiger partial charge is 0.240 e. The molecule has 0 radical (unpaired) electrons. The fourth-order valence-corrected chi connectivity index (χ4v) is 1.58. The summed E-state index contributed by atoms with van der Waals surface area (Å²) in [6.07, 6.45) is 0. The maximum atomic E-state index is 11.6. The summed E-state index contributed by atoms with van der Waals surface area (Å²) in [5.74, 6) is 0.174. The summed E-state index contributed by atoms with van der Waals surface area (Å²) in [5.41, 5.74) is 0.924. The van der Waals surface area contributed by atoms with E-state index in [9.17, 15) is 4.79 Å². The Labute approximate surface area is 80.0 Å². The van der Waals surface area contributed by atoms with Gasteiger partial charge in [-0.05, 0) is 20.8 Å². The molecular weight excluding hydrogens is 164 g/mol. The average molecular weight is 182 g/mol. The fraction of sp³-hybridized carbons (Fsp3) is 0.700. The zero-order chi connectivity index (χ0) is 10.0. The number of nitrogens with zero attached hydrogens (tertiary/aromatic N) is 2. The molecular formula is C10H18N2O. The van der Waals surface area contributed by atoms with Gasteiger partial charge in [0.25, 0.3) is 0 Å². The molecule has 1 rings (SSSR count). The van der Waals surface area contributed by atoms with Gasteiger partial charge in [0, 0.05) is 24.8 Å². The first-order valence-corrected chi connectivity index (χ1v) is 4.78. The van der Waals surface area contributed by atoms with Gasteiger partial charge in [0.2, 0.25) is 5.91 Å². The number of carbonyl (C=O) groups is 1. The second-order valence-electron chi connectivity index (χ2n) is 3.70. The first-order chi connectivity index (χ1) is 6.06. The van der Waals surface area contributed by atoms with Gasteiger partial charge in [-0.3, -0.25) is 9.69 Å². The highest BCUT2D eigenvalue weighted by atomic mass is 16.2. The van der Waals surface area contributed by atoms with Crippen molar-refractivity contribution < 1.29 is 4.79 Å². The van der Waals surface area contributed by atoms with Crippen molar-refractivity contribution in [2.24, 2.45) is 0 Å². The number of carbonyl (C=O) groups excluding carboxylic acids is 1. The van der Waals surface area contributed by atoms with E-state index in [4.69, 9.17) is 0 Å². The summed E-state index contributed by atoms with van der Waals surface area (Å²) in [7, 11) is 0. The molecule has 1 saturated heterocycles. The van der Waals surface area contributed by atoms with Crippen LogP contribution in [0.2, 0.25) is 0 Å². The molecule has 1 amide bonds. The third kappa shape index (κ3) is 2.10. The van der Waals surface area contributed by atoms with Crippen LogP contribution in [0.4, 0.5) is 0 Å². The molecule has 0 aromatic carbocycles. The van der Waals surface area contributed by atoms with Gasteiger partial charge in [-0.15, -0.1) is 0 Å². The lowest BCUT2D eigenvalue weighted by Gasteiger charge is -2.37. The lowest BCUT2D eigenvalue weighted by atomic mass is 10.2. The quantitative estimate of drug-likeness (QED) is 0.638. The van der Waals surface area contributed by atoms with Gasteiger partial charge < -0.3 is 4.90 Å².